The third-order valence-electron chi connectivity index (χ3n) is 5.37. The zero-order valence-electron chi connectivity index (χ0n) is 19.9. The molecule has 8 nitrogen and oxygen atoms in total. The third-order valence-corrected chi connectivity index (χ3v) is 5.37. The second-order valence-corrected chi connectivity index (χ2v) is 8.50. The van der Waals surface area contributed by atoms with Crippen LogP contribution in [0.2, 0.25) is 0 Å². The molecule has 3 rings (SSSR count). The summed E-state index contributed by atoms with van der Waals surface area (Å²) in [6.07, 6.45) is 0. The van der Waals surface area contributed by atoms with Crippen molar-refractivity contribution in [2.75, 3.05) is 10.6 Å². The maximum Gasteiger partial charge on any atom is 0.291 e. The molecule has 0 spiro atoms. The highest BCUT2D eigenvalue weighted by Crippen LogP contribution is 2.21. The Balaban J connectivity index is 1.98. The lowest BCUT2D eigenvalue weighted by atomic mass is 10.1. The summed E-state index contributed by atoms with van der Waals surface area (Å²) < 4.78 is 1.07. The van der Waals surface area contributed by atoms with Crippen molar-refractivity contribution in [3.63, 3.8) is 0 Å². The largest absolute Gasteiger partial charge is 0.324 e. The number of aromatic nitrogens is 2. The lowest BCUT2D eigenvalue weighted by Crippen LogP contribution is -2.36. The number of nitrogens with zero attached hydrogens (tertiary/aromatic N) is 2. The summed E-state index contributed by atoms with van der Waals surface area (Å²) >= 11 is 0. The monoisotopic (exact) mass is 460 g/mol. The molecule has 0 saturated carbocycles. The lowest BCUT2D eigenvalue weighted by Gasteiger charge is -2.17. The molecule has 0 saturated heterocycles. The van der Waals surface area contributed by atoms with Gasteiger partial charge in [0.1, 0.15) is 11.7 Å². The summed E-state index contributed by atoms with van der Waals surface area (Å²) in [4.78, 5) is 49.9. The fourth-order valence-corrected chi connectivity index (χ4v) is 3.15. The van der Waals surface area contributed by atoms with Crippen LogP contribution >= 0.6 is 0 Å². The van der Waals surface area contributed by atoms with Crippen molar-refractivity contribution < 1.29 is 14.4 Å². The molecule has 176 valence electrons. The molecule has 0 fully saturated rings. The van der Waals surface area contributed by atoms with E-state index in [0.29, 0.717) is 16.9 Å². The van der Waals surface area contributed by atoms with Gasteiger partial charge in [0.25, 0.3) is 5.56 Å². The number of hydrogen-bond acceptors (Lipinski definition) is 5. The number of anilines is 2. The van der Waals surface area contributed by atoms with Crippen molar-refractivity contribution in [1.29, 1.82) is 0 Å². The zero-order chi connectivity index (χ0) is 25.0. The fourth-order valence-electron chi connectivity index (χ4n) is 3.15. The van der Waals surface area contributed by atoms with Gasteiger partial charge >= 0.3 is 0 Å². The van der Waals surface area contributed by atoms with Crippen LogP contribution in [-0.4, -0.2) is 27.4 Å². The van der Waals surface area contributed by atoms with E-state index >= 15 is 0 Å². The summed E-state index contributed by atoms with van der Waals surface area (Å²) in [5.74, 6) is -1.19. The van der Waals surface area contributed by atoms with E-state index in [1.54, 1.807) is 45.0 Å². The smallest absolute Gasteiger partial charge is 0.291 e. The molecule has 0 radical (unpaired) electrons. The van der Waals surface area contributed by atoms with Crippen LogP contribution in [0.25, 0.3) is 11.3 Å². The summed E-state index contributed by atoms with van der Waals surface area (Å²) in [6, 6.07) is 14.6. The molecule has 2 aromatic carbocycles. The van der Waals surface area contributed by atoms with Crippen molar-refractivity contribution in [3.05, 3.63) is 76.1 Å². The molecule has 2 amide bonds. The van der Waals surface area contributed by atoms with Gasteiger partial charge in [-0.2, -0.15) is 5.10 Å². The van der Waals surface area contributed by atoms with Crippen LogP contribution in [0, 0.1) is 12.8 Å². The van der Waals surface area contributed by atoms with Gasteiger partial charge in [0, 0.05) is 22.7 Å². The first-order valence-electron chi connectivity index (χ1n) is 11.0. The molecule has 1 heterocycles. The summed E-state index contributed by atoms with van der Waals surface area (Å²) in [6.45, 7) is 8.43. The molecule has 34 heavy (non-hydrogen) atoms. The molecule has 2 N–H and O–H groups in total. The molecule has 0 aliphatic heterocycles. The summed E-state index contributed by atoms with van der Waals surface area (Å²) in [5.41, 5.74) is 2.73. The minimum absolute atomic E-state index is 0.0507. The molecule has 0 unspecified atom stereocenters. The van der Waals surface area contributed by atoms with E-state index in [1.165, 1.54) is 13.0 Å². The van der Waals surface area contributed by atoms with E-state index < -0.39 is 17.5 Å². The Morgan fingerprint density at radius 2 is 1.50 bits per heavy atom. The van der Waals surface area contributed by atoms with Gasteiger partial charge < -0.3 is 10.6 Å². The quantitative estimate of drug-likeness (QED) is 0.513. The minimum atomic E-state index is -0.972. The highest BCUT2D eigenvalue weighted by Gasteiger charge is 2.22. The maximum atomic E-state index is 13.2. The van der Waals surface area contributed by atoms with Crippen LogP contribution in [0.15, 0.2) is 59.4 Å². The first-order valence-corrected chi connectivity index (χ1v) is 11.0. The van der Waals surface area contributed by atoms with Crippen LogP contribution in [-0.2, 0) is 9.59 Å². The molecular formula is C26H28N4O4. The first-order chi connectivity index (χ1) is 16.1. The minimum Gasteiger partial charge on any atom is -0.324 e. The fraction of sp³-hybridized carbons (Fsp3) is 0.269. The van der Waals surface area contributed by atoms with E-state index in [0.717, 1.165) is 15.8 Å². The van der Waals surface area contributed by atoms with Gasteiger partial charge in [0.2, 0.25) is 11.8 Å². The number of Topliss-reactive ketones (excluding diaryl/α,β-unsaturated/α-hetero) is 1. The normalized spacial score (nSPS) is 11.7. The number of rotatable bonds is 7. The molecule has 8 heteroatoms. The summed E-state index contributed by atoms with van der Waals surface area (Å²) in [7, 11) is 0. The van der Waals surface area contributed by atoms with Crippen LogP contribution in [0.4, 0.5) is 11.4 Å². The van der Waals surface area contributed by atoms with Crippen molar-refractivity contribution >= 4 is 29.0 Å². The lowest BCUT2D eigenvalue weighted by molar-refractivity contribution is -0.119. The van der Waals surface area contributed by atoms with Crippen LogP contribution in [0.1, 0.15) is 49.7 Å². The molecule has 1 aromatic heterocycles. The first kappa shape index (κ1) is 24.6. The average molecular weight is 461 g/mol. The number of carbonyl (C=O) groups is 3. The Kier molecular flexibility index (Phi) is 7.40. The molecule has 1 atom stereocenters. The van der Waals surface area contributed by atoms with E-state index in [4.69, 9.17) is 0 Å². The van der Waals surface area contributed by atoms with E-state index in [2.05, 4.69) is 15.7 Å². The second-order valence-electron chi connectivity index (χ2n) is 8.50. The number of benzene rings is 2. The van der Waals surface area contributed by atoms with Crippen LogP contribution < -0.4 is 16.2 Å². The van der Waals surface area contributed by atoms with Gasteiger partial charge in [-0.25, -0.2) is 4.68 Å². The standard InChI is InChI=1S/C26H28N4O4/c1-15(2)24(32)28-23-14-22(20-8-6-16(3)7-9-20)29-30(26(23)34)17(4)25(33)27-21-12-10-19(11-13-21)18(5)31/h6-15,17H,1-5H3,(H,27,33)(H,28,32)/t17-/m0/s1. The van der Waals surface area contributed by atoms with Crippen molar-refractivity contribution in [2.45, 2.75) is 40.7 Å². The SMILES string of the molecule is CC(=O)c1ccc(NC(=O)[C@H](C)n2nc(-c3ccc(C)cc3)cc(NC(=O)C(C)C)c2=O)cc1. The number of amides is 2. The van der Waals surface area contributed by atoms with E-state index in [1.807, 2.05) is 31.2 Å². The molecular weight excluding hydrogens is 432 g/mol. The molecule has 3 aromatic rings. The van der Waals surface area contributed by atoms with Gasteiger partial charge in [-0.3, -0.25) is 19.2 Å². The average Bonchev–Trinajstić information content (AvgIpc) is 2.80. The van der Waals surface area contributed by atoms with Gasteiger partial charge in [-0.1, -0.05) is 43.7 Å². The Bertz CT molecular complexity index is 1280. The van der Waals surface area contributed by atoms with Crippen molar-refractivity contribution in [2.24, 2.45) is 5.92 Å². The number of aryl methyl sites for hydroxylation is 1. The van der Waals surface area contributed by atoms with Gasteiger partial charge in [-0.15, -0.1) is 0 Å². The third kappa shape index (κ3) is 5.64. The van der Waals surface area contributed by atoms with Crippen LogP contribution in [0.3, 0.4) is 0 Å². The van der Waals surface area contributed by atoms with Crippen LogP contribution in [0.5, 0.6) is 0 Å². The Morgan fingerprint density at radius 1 is 0.882 bits per heavy atom. The maximum absolute atomic E-state index is 13.2. The highest BCUT2D eigenvalue weighted by atomic mass is 16.2. The van der Waals surface area contributed by atoms with E-state index in [-0.39, 0.29) is 23.3 Å². The number of hydrogen-bond donors (Lipinski definition) is 2. The van der Waals surface area contributed by atoms with Gasteiger partial charge in [0.15, 0.2) is 5.78 Å². The molecule has 0 bridgehead atoms. The van der Waals surface area contributed by atoms with Gasteiger partial charge in [-0.05, 0) is 51.1 Å². The topological polar surface area (TPSA) is 110 Å². The Hall–Kier alpha value is -4.07. The van der Waals surface area contributed by atoms with Crippen molar-refractivity contribution in [3.8, 4) is 11.3 Å². The molecule has 0 aliphatic rings. The zero-order valence-corrected chi connectivity index (χ0v) is 19.9. The van der Waals surface area contributed by atoms with E-state index in [9.17, 15) is 19.2 Å². The number of nitrogens with one attached hydrogen (secondary N) is 2. The number of carbonyl (C=O) groups excluding carboxylic acids is 3. The number of ketones is 1. The summed E-state index contributed by atoms with van der Waals surface area (Å²) in [5, 5.41) is 9.83. The Morgan fingerprint density at radius 3 is 2.06 bits per heavy atom. The van der Waals surface area contributed by atoms with Crippen molar-refractivity contribution in [1.82, 2.24) is 9.78 Å². The predicted octanol–water partition coefficient (Wildman–Crippen LogP) is 4.22. The molecule has 0 aliphatic carbocycles. The van der Waals surface area contributed by atoms with Gasteiger partial charge in [0.05, 0.1) is 5.69 Å². The predicted molar refractivity (Wildman–Crippen MR) is 132 cm³/mol. The second kappa shape index (κ2) is 10.2. The highest BCUT2D eigenvalue weighted by molar-refractivity contribution is 5.96. The Labute approximate surface area is 198 Å².